The van der Waals surface area contributed by atoms with Crippen LogP contribution < -0.4 is 0 Å². The summed E-state index contributed by atoms with van der Waals surface area (Å²) in [6.45, 7) is 2.18. The second kappa shape index (κ2) is 37.7. The van der Waals surface area contributed by atoms with Crippen LogP contribution >= 0.6 is 0 Å². The van der Waals surface area contributed by atoms with Crippen molar-refractivity contribution in [3.63, 3.8) is 0 Å². The average molecular weight is 1860 g/mol. The molecule has 0 saturated heterocycles. The minimum absolute atomic E-state index is 0.934. The van der Waals surface area contributed by atoms with Gasteiger partial charge in [0.15, 0.2) is 0 Å². The molecule has 0 spiro atoms. The van der Waals surface area contributed by atoms with Crippen LogP contribution in [0, 0.1) is 6.92 Å². The normalized spacial score (nSPS) is 11.5. The van der Waals surface area contributed by atoms with E-state index in [-0.39, 0.29) is 0 Å². The van der Waals surface area contributed by atoms with Crippen LogP contribution in [0.2, 0.25) is 0 Å². The molecule has 3 aromatic heterocycles. The first-order valence-corrected chi connectivity index (χ1v) is 50.0. The molecule has 0 unspecified atom stereocenters. The van der Waals surface area contributed by atoms with Gasteiger partial charge in [0.25, 0.3) is 0 Å². The third-order valence-electron chi connectivity index (χ3n) is 28.8. The topological polar surface area (TPSA) is 53.5 Å². The van der Waals surface area contributed by atoms with E-state index in [9.17, 15) is 0 Å². The van der Waals surface area contributed by atoms with E-state index in [4.69, 9.17) is 15.0 Å². The van der Waals surface area contributed by atoms with E-state index in [1.165, 1.54) is 181 Å². The van der Waals surface area contributed by atoms with Gasteiger partial charge in [0, 0.05) is 33.8 Å². The summed E-state index contributed by atoms with van der Waals surface area (Å²) in [5, 5.41) is 17.6. The number of para-hydroxylation sites is 7. The summed E-state index contributed by atoms with van der Waals surface area (Å²) in [5.74, 6) is 2.82. The summed E-state index contributed by atoms with van der Waals surface area (Å²) in [6, 6.07) is 198. The molecule has 146 heavy (non-hydrogen) atoms. The molecule has 0 aliphatic rings. The highest BCUT2D eigenvalue weighted by molar-refractivity contribution is 6.25. The Kier molecular flexibility index (Phi) is 22.5. The predicted octanol–water partition coefficient (Wildman–Crippen LogP) is 37.5. The van der Waals surface area contributed by atoms with Crippen molar-refractivity contribution in [2.45, 2.75) is 6.92 Å². The summed E-state index contributed by atoms with van der Waals surface area (Å²) < 4.78 is 6.79. The van der Waals surface area contributed by atoms with Crippen LogP contribution in [0.5, 0.6) is 0 Å². The number of imidazole rings is 3. The van der Waals surface area contributed by atoms with E-state index >= 15 is 0 Å². The van der Waals surface area contributed by atoms with E-state index in [0.717, 1.165) is 84.3 Å². The van der Waals surface area contributed by atoms with Crippen molar-refractivity contribution in [3.05, 3.63) is 558 Å². The molecule has 0 aliphatic carbocycles. The van der Waals surface area contributed by atoms with Gasteiger partial charge in [-0.1, -0.05) is 467 Å². The number of nitrogens with zero attached hydrogens (tertiary/aromatic N) is 6. The summed E-state index contributed by atoms with van der Waals surface area (Å²) in [7, 11) is 0. The largest absolute Gasteiger partial charge is 0.292 e. The minimum atomic E-state index is 0.934. The van der Waals surface area contributed by atoms with Gasteiger partial charge in [-0.15, -0.1) is 0 Å². The van der Waals surface area contributed by atoms with Gasteiger partial charge in [-0.3, -0.25) is 13.7 Å². The molecule has 0 saturated carbocycles. The van der Waals surface area contributed by atoms with Gasteiger partial charge in [0.05, 0.1) is 33.1 Å². The highest BCUT2D eigenvalue weighted by Gasteiger charge is 2.26. The van der Waals surface area contributed by atoms with Crippen LogP contribution in [0.15, 0.2) is 552 Å². The zero-order valence-corrected chi connectivity index (χ0v) is 80.2. The Morgan fingerprint density at radius 2 is 0.363 bits per heavy atom. The highest BCUT2D eigenvalue weighted by Crippen LogP contribution is 2.51. The van der Waals surface area contributed by atoms with Crippen LogP contribution in [0.25, 0.3) is 260 Å². The molecule has 25 aromatic carbocycles. The van der Waals surface area contributed by atoms with Gasteiger partial charge >= 0.3 is 0 Å². The lowest BCUT2D eigenvalue weighted by Gasteiger charge is -2.19. The molecule has 0 bridgehead atoms. The smallest absolute Gasteiger partial charge is 0.145 e. The van der Waals surface area contributed by atoms with Crippen LogP contribution in [0.4, 0.5) is 0 Å². The lowest BCUT2D eigenvalue weighted by Crippen LogP contribution is -1.98. The monoisotopic (exact) mass is 1860 g/mol. The van der Waals surface area contributed by atoms with E-state index in [1.807, 2.05) is 12.1 Å². The molecule has 0 N–H and O–H groups in total. The zero-order chi connectivity index (χ0) is 96.9. The maximum Gasteiger partial charge on any atom is 0.145 e. The van der Waals surface area contributed by atoms with E-state index in [0.29, 0.717) is 0 Å². The Balaban J connectivity index is 0.000000112. The number of hydrogen-bond donors (Lipinski definition) is 0. The molecule has 684 valence electrons. The van der Waals surface area contributed by atoms with Crippen molar-refractivity contribution in [2.24, 2.45) is 0 Å². The fraction of sp³-hybridized carbons (Fsp3) is 0.00714. The van der Waals surface area contributed by atoms with E-state index in [1.54, 1.807) is 0 Å². The lowest BCUT2D eigenvalue weighted by atomic mass is 9.84. The number of rotatable bonds is 15. The second-order valence-corrected chi connectivity index (χ2v) is 37.6. The number of aryl methyl sites for hydroxylation is 1. The van der Waals surface area contributed by atoms with Gasteiger partial charge in [-0.25, -0.2) is 15.0 Å². The van der Waals surface area contributed by atoms with Crippen molar-refractivity contribution in [1.29, 1.82) is 0 Å². The molecule has 0 amide bonds. The Labute approximate surface area is 847 Å². The molecule has 6 nitrogen and oxygen atoms in total. The number of aromatic nitrogens is 6. The van der Waals surface area contributed by atoms with Gasteiger partial charge < -0.3 is 0 Å². The van der Waals surface area contributed by atoms with Crippen molar-refractivity contribution < 1.29 is 0 Å². The van der Waals surface area contributed by atoms with E-state index in [2.05, 4.69) is 561 Å². The van der Waals surface area contributed by atoms with Gasteiger partial charge in [-0.2, -0.15) is 0 Å². The summed E-state index contributed by atoms with van der Waals surface area (Å²) >= 11 is 0. The Bertz CT molecular complexity index is 9790. The Hall–Kier alpha value is -19.3. The van der Waals surface area contributed by atoms with Gasteiger partial charge in [-0.05, 0) is 273 Å². The van der Waals surface area contributed by atoms with Crippen LogP contribution in [-0.2, 0) is 0 Å². The van der Waals surface area contributed by atoms with Gasteiger partial charge in [0.1, 0.15) is 17.5 Å². The number of hydrogen-bond acceptors (Lipinski definition) is 3. The standard InChI is InChI=1S/C51H34N2.C49H32N2.C40H28N2/c1-4-14-35(15-5-1)36-24-28-39(29-25-36)49-43-20-10-11-21-44(43)50(38-16-6-2-7-17-38)46-34-41(32-33-45(46)49)37-26-30-40(31-27-37)51-52-47-22-12-13-23-48(47)53(51)42-18-8-3-9-19-42;1-3-14-35(15-4-1)47-41-19-9-10-20-42(41)48(39-24-23-33-13-7-8-18-37(33)31-39)43-30-27-38(32-44(43)47)34-25-28-40(29-26-34)51-46-22-12-11-21-45(46)50-49(51)36-16-5-2-6-17-36;1-27-20-25-34-35(26-27)39(33-17-9-8-16-32(33)38(34)28-12-4-2-5-13-28)29-21-23-31(24-22-29)42-37-19-11-10-18-36(37)41-40(42)30-14-6-3-7-15-30/h1-34H;1-32H;2-26H,1H3. The Morgan fingerprint density at radius 3 is 0.753 bits per heavy atom. The maximum absolute atomic E-state index is 5.10. The van der Waals surface area contributed by atoms with Crippen LogP contribution in [0.1, 0.15) is 5.56 Å². The quantitative estimate of drug-likeness (QED) is 0.0961. The molecule has 0 atom stereocenters. The third-order valence-corrected chi connectivity index (χ3v) is 28.8. The number of benzene rings is 25. The average Bonchev–Trinajstić information content (AvgIpc) is 1.02. The SMILES string of the molecule is Cc1ccc2c(-c3ccccc3)c3ccccc3c(-c3ccc(-n4c(-c5ccccc5)nc5ccccc54)cc3)c2c1.c1ccc(-c2c3ccccc3c(-c3ccc4ccccc4c3)c3ccc(-c4ccc(-n5c(-c6ccccc6)nc6ccccc65)cc4)cc23)cc1.c1ccc(-c2ccc(-c3c4ccccc4c(-c4ccccc4)c4cc(-c5ccc(-c6nc7ccccc7n6-c6ccccc6)cc5)ccc34)cc2)cc1. The molecule has 0 fully saturated rings. The molecule has 6 heteroatoms. The zero-order valence-electron chi connectivity index (χ0n) is 80.2. The van der Waals surface area contributed by atoms with Crippen LogP contribution in [0.3, 0.4) is 0 Å². The minimum Gasteiger partial charge on any atom is -0.292 e. The first-order valence-electron chi connectivity index (χ1n) is 50.0. The molecule has 0 radical (unpaired) electrons. The fourth-order valence-electron chi connectivity index (χ4n) is 22.1. The van der Waals surface area contributed by atoms with Crippen molar-refractivity contribution in [1.82, 2.24) is 28.7 Å². The maximum atomic E-state index is 5.10. The highest BCUT2D eigenvalue weighted by atomic mass is 15.1. The van der Waals surface area contributed by atoms with Crippen molar-refractivity contribution in [3.8, 4) is 151 Å². The second-order valence-electron chi connectivity index (χ2n) is 37.6. The molecule has 28 aromatic rings. The first kappa shape index (κ1) is 87.0. The van der Waals surface area contributed by atoms with E-state index < -0.39 is 0 Å². The summed E-state index contributed by atoms with van der Waals surface area (Å²) in [6.07, 6.45) is 0. The summed E-state index contributed by atoms with van der Waals surface area (Å²) in [5.41, 5.74) is 36.1. The number of fused-ring (bicyclic) bond motifs is 10. The first-order chi connectivity index (χ1) is 72.4. The fourth-order valence-corrected chi connectivity index (χ4v) is 22.1. The Morgan fingerprint density at radius 1 is 0.137 bits per heavy atom. The molecular formula is C140H94N6. The molecule has 3 heterocycles. The lowest BCUT2D eigenvalue weighted by molar-refractivity contribution is 1.10. The molecule has 0 aliphatic heterocycles. The third kappa shape index (κ3) is 16.0. The molecular weight excluding hydrogens is 1770 g/mol. The van der Waals surface area contributed by atoms with Gasteiger partial charge in [0.2, 0.25) is 0 Å². The molecule has 28 rings (SSSR count). The predicted molar refractivity (Wildman–Crippen MR) is 616 cm³/mol. The summed E-state index contributed by atoms with van der Waals surface area (Å²) in [4.78, 5) is 15.2. The van der Waals surface area contributed by atoms with Crippen LogP contribution in [-0.4, -0.2) is 28.7 Å². The van der Waals surface area contributed by atoms with Crippen molar-refractivity contribution in [2.75, 3.05) is 0 Å². The van der Waals surface area contributed by atoms with Crippen molar-refractivity contribution >= 4 is 109 Å².